The first-order valence-electron chi connectivity index (χ1n) is 8.82. The minimum atomic E-state index is -3.90. The van der Waals surface area contributed by atoms with Gasteiger partial charge in [-0.1, -0.05) is 17.7 Å². The smallest absolute Gasteiger partial charge is 0.271 e. The fraction of sp³-hybridized carbons (Fsp3) is 0.278. The van der Waals surface area contributed by atoms with Crippen molar-refractivity contribution in [3.8, 4) is 5.75 Å². The van der Waals surface area contributed by atoms with Crippen molar-refractivity contribution in [1.82, 2.24) is 4.31 Å². The second-order valence-corrected chi connectivity index (χ2v) is 8.59. The molecular formula is C18H18ClN3O7S. The van der Waals surface area contributed by atoms with E-state index in [2.05, 4.69) is 5.32 Å². The number of ether oxygens (including phenoxy) is 2. The molecule has 1 amide bonds. The summed E-state index contributed by atoms with van der Waals surface area (Å²) in [7, 11) is -3.90. The van der Waals surface area contributed by atoms with E-state index in [1.54, 1.807) is 0 Å². The van der Waals surface area contributed by atoms with Gasteiger partial charge in [0.15, 0.2) is 6.61 Å². The number of nitrogens with zero attached hydrogens (tertiary/aromatic N) is 2. The topological polar surface area (TPSA) is 128 Å². The van der Waals surface area contributed by atoms with E-state index in [1.807, 2.05) is 0 Å². The molecule has 0 aliphatic carbocycles. The van der Waals surface area contributed by atoms with E-state index in [0.29, 0.717) is 0 Å². The summed E-state index contributed by atoms with van der Waals surface area (Å²) in [6.45, 7) is 0.447. The summed E-state index contributed by atoms with van der Waals surface area (Å²) in [5, 5.41) is 13.5. The quantitative estimate of drug-likeness (QED) is 0.501. The van der Waals surface area contributed by atoms with Crippen LogP contribution in [-0.2, 0) is 19.6 Å². The number of benzene rings is 2. The zero-order chi connectivity index (χ0) is 21.7. The highest BCUT2D eigenvalue weighted by Gasteiger charge is 2.29. The van der Waals surface area contributed by atoms with Crippen LogP contribution in [0.1, 0.15) is 0 Å². The molecule has 30 heavy (non-hydrogen) atoms. The third-order valence-electron chi connectivity index (χ3n) is 4.19. The van der Waals surface area contributed by atoms with Crippen LogP contribution in [0.2, 0.25) is 5.02 Å². The number of nitrogens with one attached hydrogen (secondary N) is 1. The first-order chi connectivity index (χ1) is 14.3. The largest absolute Gasteiger partial charge is 0.482 e. The summed E-state index contributed by atoms with van der Waals surface area (Å²) in [6, 6.07) is 9.50. The van der Waals surface area contributed by atoms with Crippen LogP contribution in [0.5, 0.6) is 5.75 Å². The van der Waals surface area contributed by atoms with Crippen LogP contribution in [0.15, 0.2) is 47.4 Å². The van der Waals surface area contributed by atoms with Crippen LogP contribution in [-0.4, -0.2) is 56.5 Å². The average Bonchev–Trinajstić information content (AvgIpc) is 2.73. The van der Waals surface area contributed by atoms with Gasteiger partial charge in [-0.05, 0) is 24.3 Å². The Balaban J connectivity index is 1.73. The lowest BCUT2D eigenvalue weighted by molar-refractivity contribution is -0.384. The molecule has 2 aromatic carbocycles. The molecule has 0 spiro atoms. The summed E-state index contributed by atoms with van der Waals surface area (Å²) < 4.78 is 37.8. The number of carbonyl (C=O) groups is 1. The molecule has 1 aliphatic rings. The van der Waals surface area contributed by atoms with Crippen molar-refractivity contribution in [2.24, 2.45) is 0 Å². The Morgan fingerprint density at radius 2 is 1.97 bits per heavy atom. The first kappa shape index (κ1) is 22.0. The molecule has 0 atom stereocenters. The van der Waals surface area contributed by atoms with Gasteiger partial charge in [0.05, 0.1) is 18.1 Å². The molecule has 0 unspecified atom stereocenters. The van der Waals surface area contributed by atoms with Gasteiger partial charge in [-0.25, -0.2) is 8.42 Å². The van der Waals surface area contributed by atoms with E-state index >= 15 is 0 Å². The zero-order valence-electron chi connectivity index (χ0n) is 15.6. The van der Waals surface area contributed by atoms with E-state index in [4.69, 9.17) is 21.1 Å². The Labute approximate surface area is 177 Å². The van der Waals surface area contributed by atoms with Gasteiger partial charge in [0, 0.05) is 35.9 Å². The Hall–Kier alpha value is -2.73. The highest BCUT2D eigenvalue weighted by Crippen LogP contribution is 2.30. The molecule has 0 bridgehead atoms. The second kappa shape index (κ2) is 9.39. The highest BCUT2D eigenvalue weighted by molar-refractivity contribution is 7.89. The number of halogens is 1. The molecule has 0 radical (unpaired) electrons. The number of sulfonamides is 1. The molecule has 12 heteroatoms. The molecule has 0 saturated carbocycles. The summed E-state index contributed by atoms with van der Waals surface area (Å²) in [5.41, 5.74) is 0.0420. The minimum Gasteiger partial charge on any atom is -0.482 e. The van der Waals surface area contributed by atoms with Crippen LogP contribution < -0.4 is 10.1 Å². The number of hydrogen-bond donors (Lipinski definition) is 1. The van der Waals surface area contributed by atoms with Crippen LogP contribution >= 0.6 is 11.6 Å². The Kier molecular flexibility index (Phi) is 6.87. The van der Waals surface area contributed by atoms with E-state index in [0.717, 1.165) is 0 Å². The van der Waals surface area contributed by atoms with E-state index in [9.17, 15) is 23.3 Å². The standard InChI is InChI=1S/C18H18ClN3O7S/c19-13-4-5-16(17(10-13)30(26,27)21-6-8-28-9-7-21)29-12-18(23)20-14-2-1-3-15(11-14)22(24)25/h1-5,10-11H,6-9,12H2,(H,20,23). The van der Waals surface area contributed by atoms with Gasteiger partial charge in [0.1, 0.15) is 10.6 Å². The fourth-order valence-corrected chi connectivity index (χ4v) is 4.57. The molecule has 1 saturated heterocycles. The molecule has 1 aliphatic heterocycles. The van der Waals surface area contributed by atoms with Crippen molar-refractivity contribution >= 4 is 38.9 Å². The zero-order valence-corrected chi connectivity index (χ0v) is 17.2. The van der Waals surface area contributed by atoms with Crippen LogP contribution in [0.25, 0.3) is 0 Å². The van der Waals surface area contributed by atoms with E-state index in [1.165, 1.54) is 46.8 Å². The lowest BCUT2D eigenvalue weighted by Crippen LogP contribution is -2.40. The predicted octanol–water partition coefficient (Wildman–Crippen LogP) is 2.29. The maximum atomic E-state index is 13.0. The van der Waals surface area contributed by atoms with Gasteiger partial charge in [0.25, 0.3) is 11.6 Å². The summed E-state index contributed by atoms with van der Waals surface area (Å²) in [4.78, 5) is 22.3. The molecule has 0 aromatic heterocycles. The van der Waals surface area contributed by atoms with Gasteiger partial charge in [0.2, 0.25) is 10.0 Å². The predicted molar refractivity (Wildman–Crippen MR) is 108 cm³/mol. The monoisotopic (exact) mass is 455 g/mol. The van der Waals surface area contributed by atoms with Crippen LogP contribution in [0.4, 0.5) is 11.4 Å². The highest BCUT2D eigenvalue weighted by atomic mass is 35.5. The number of non-ortho nitro benzene ring substituents is 1. The van der Waals surface area contributed by atoms with Crippen molar-refractivity contribution in [1.29, 1.82) is 0 Å². The molecule has 160 valence electrons. The second-order valence-electron chi connectivity index (χ2n) is 6.25. The number of amides is 1. The minimum absolute atomic E-state index is 0.0277. The molecule has 2 aromatic rings. The average molecular weight is 456 g/mol. The van der Waals surface area contributed by atoms with Crippen molar-refractivity contribution < 1.29 is 27.6 Å². The number of hydrogen-bond acceptors (Lipinski definition) is 7. The number of anilines is 1. The van der Waals surface area contributed by atoms with Gasteiger partial charge in [-0.15, -0.1) is 0 Å². The van der Waals surface area contributed by atoms with Gasteiger partial charge in [-0.3, -0.25) is 14.9 Å². The Bertz CT molecular complexity index is 1060. The summed E-state index contributed by atoms with van der Waals surface area (Å²) in [5.74, 6) is -0.639. The maximum absolute atomic E-state index is 13.0. The van der Waals surface area contributed by atoms with Crippen LogP contribution in [0.3, 0.4) is 0 Å². The lowest BCUT2D eigenvalue weighted by Gasteiger charge is -2.26. The molecule has 1 fully saturated rings. The molecular weight excluding hydrogens is 438 g/mol. The number of nitro benzene ring substituents is 1. The number of morpholine rings is 1. The molecule has 10 nitrogen and oxygen atoms in total. The van der Waals surface area contributed by atoms with Crippen LogP contribution in [0, 0.1) is 10.1 Å². The molecule has 1 heterocycles. The summed E-state index contributed by atoms with van der Waals surface area (Å²) in [6.07, 6.45) is 0. The van der Waals surface area contributed by atoms with E-state index < -0.39 is 27.5 Å². The Morgan fingerprint density at radius 3 is 2.67 bits per heavy atom. The van der Waals surface area contributed by atoms with Gasteiger partial charge < -0.3 is 14.8 Å². The first-order valence-corrected chi connectivity index (χ1v) is 10.6. The maximum Gasteiger partial charge on any atom is 0.271 e. The third-order valence-corrected chi connectivity index (χ3v) is 6.35. The Morgan fingerprint density at radius 1 is 1.23 bits per heavy atom. The van der Waals surface area contributed by atoms with Gasteiger partial charge >= 0.3 is 0 Å². The van der Waals surface area contributed by atoms with Crippen molar-refractivity contribution in [3.63, 3.8) is 0 Å². The lowest BCUT2D eigenvalue weighted by atomic mass is 10.3. The fourth-order valence-electron chi connectivity index (χ4n) is 2.77. The molecule has 3 rings (SSSR count). The summed E-state index contributed by atoms with van der Waals surface area (Å²) >= 11 is 5.97. The third kappa shape index (κ3) is 5.25. The number of rotatable bonds is 7. The number of carbonyl (C=O) groups excluding carboxylic acids is 1. The number of nitro groups is 1. The van der Waals surface area contributed by atoms with E-state index in [-0.39, 0.29) is 53.3 Å². The van der Waals surface area contributed by atoms with Gasteiger partial charge in [-0.2, -0.15) is 4.31 Å². The molecule has 1 N–H and O–H groups in total. The SMILES string of the molecule is O=C(COc1ccc(Cl)cc1S(=O)(=O)N1CCOCC1)Nc1cccc([N+](=O)[O-])c1. The normalized spacial score (nSPS) is 14.8. The van der Waals surface area contributed by atoms with Crippen molar-refractivity contribution in [2.75, 3.05) is 38.2 Å². The van der Waals surface area contributed by atoms with Crippen molar-refractivity contribution in [2.45, 2.75) is 4.90 Å². The van der Waals surface area contributed by atoms with Crippen molar-refractivity contribution in [3.05, 3.63) is 57.6 Å².